The predicted molar refractivity (Wildman–Crippen MR) is 47.3 cm³/mol. The molecule has 11 heavy (non-hydrogen) atoms. The van der Waals surface area contributed by atoms with Crippen LogP contribution in [0, 0.1) is 0 Å². The molecule has 1 heterocycles. The lowest BCUT2D eigenvalue weighted by Gasteiger charge is -2.03. The van der Waals surface area contributed by atoms with Gasteiger partial charge in [-0.1, -0.05) is 0 Å². The third-order valence-electron chi connectivity index (χ3n) is 1.39. The standard InChI is InChI=1S/C7H10Cl2N2/c8-2-1-6(9)5-7-10-3-4-11-7/h3-4,6H,1-2,5H2,(H,10,11). The number of alkyl halides is 2. The summed E-state index contributed by atoms with van der Waals surface area (Å²) in [5.74, 6) is 1.53. The van der Waals surface area contributed by atoms with Gasteiger partial charge in [-0.2, -0.15) is 0 Å². The third-order valence-corrected chi connectivity index (χ3v) is 1.98. The van der Waals surface area contributed by atoms with E-state index >= 15 is 0 Å². The summed E-state index contributed by atoms with van der Waals surface area (Å²) < 4.78 is 0. The number of halogens is 2. The van der Waals surface area contributed by atoms with Crippen molar-refractivity contribution in [2.24, 2.45) is 0 Å². The minimum absolute atomic E-state index is 0.0960. The van der Waals surface area contributed by atoms with Crippen molar-refractivity contribution in [1.29, 1.82) is 0 Å². The summed E-state index contributed by atoms with van der Waals surface area (Å²) in [6, 6.07) is 0. The van der Waals surface area contributed by atoms with Crippen LogP contribution in [0.1, 0.15) is 12.2 Å². The van der Waals surface area contributed by atoms with E-state index in [1.165, 1.54) is 0 Å². The van der Waals surface area contributed by atoms with E-state index in [1.54, 1.807) is 12.4 Å². The van der Waals surface area contributed by atoms with Gasteiger partial charge in [0.2, 0.25) is 0 Å². The SMILES string of the molecule is ClCCC(Cl)Cc1ncc[nH]1. The number of H-pyrrole nitrogens is 1. The van der Waals surface area contributed by atoms with E-state index in [9.17, 15) is 0 Å². The predicted octanol–water partition coefficient (Wildman–Crippen LogP) is 2.19. The fraction of sp³-hybridized carbons (Fsp3) is 0.571. The van der Waals surface area contributed by atoms with Gasteiger partial charge < -0.3 is 4.98 Å². The number of hydrogen-bond donors (Lipinski definition) is 1. The highest BCUT2D eigenvalue weighted by atomic mass is 35.5. The maximum atomic E-state index is 5.93. The second-order valence-electron chi connectivity index (χ2n) is 2.31. The van der Waals surface area contributed by atoms with Crippen LogP contribution in [0.25, 0.3) is 0 Å². The average Bonchev–Trinajstić information content (AvgIpc) is 2.40. The van der Waals surface area contributed by atoms with Gasteiger partial charge in [0.25, 0.3) is 0 Å². The zero-order chi connectivity index (χ0) is 8.10. The maximum absolute atomic E-state index is 5.93. The molecule has 1 atom stereocenters. The van der Waals surface area contributed by atoms with Crippen molar-refractivity contribution in [3.63, 3.8) is 0 Å². The molecule has 62 valence electrons. The summed E-state index contributed by atoms with van der Waals surface area (Å²) in [5.41, 5.74) is 0. The van der Waals surface area contributed by atoms with Crippen LogP contribution in [-0.4, -0.2) is 21.2 Å². The minimum atomic E-state index is 0.0960. The Morgan fingerprint density at radius 3 is 3.00 bits per heavy atom. The van der Waals surface area contributed by atoms with Gasteiger partial charge >= 0.3 is 0 Å². The number of nitrogens with one attached hydrogen (secondary N) is 1. The van der Waals surface area contributed by atoms with Gasteiger partial charge in [0.15, 0.2) is 0 Å². The highest BCUT2D eigenvalue weighted by molar-refractivity contribution is 6.22. The minimum Gasteiger partial charge on any atom is -0.349 e. The van der Waals surface area contributed by atoms with E-state index in [-0.39, 0.29) is 5.38 Å². The molecule has 0 spiro atoms. The van der Waals surface area contributed by atoms with Gasteiger partial charge in [-0.15, -0.1) is 23.2 Å². The quantitative estimate of drug-likeness (QED) is 0.729. The Kier molecular flexibility index (Phi) is 3.73. The van der Waals surface area contributed by atoms with Crippen LogP contribution in [0.4, 0.5) is 0 Å². The Hall–Kier alpha value is -0.210. The number of nitrogens with zero attached hydrogens (tertiary/aromatic N) is 1. The zero-order valence-corrected chi connectivity index (χ0v) is 7.57. The van der Waals surface area contributed by atoms with E-state index in [0.29, 0.717) is 5.88 Å². The lowest BCUT2D eigenvalue weighted by molar-refractivity contribution is 0.776. The molecule has 1 aromatic heterocycles. The Labute approximate surface area is 75.9 Å². The molecule has 0 aromatic carbocycles. The maximum Gasteiger partial charge on any atom is 0.107 e. The van der Waals surface area contributed by atoms with Gasteiger partial charge in [0.1, 0.15) is 5.82 Å². The summed E-state index contributed by atoms with van der Waals surface area (Å²) in [7, 11) is 0. The van der Waals surface area contributed by atoms with Gasteiger partial charge in [0.05, 0.1) is 0 Å². The van der Waals surface area contributed by atoms with E-state index in [0.717, 1.165) is 18.7 Å². The molecule has 1 rings (SSSR count). The van der Waals surface area contributed by atoms with Crippen LogP contribution in [0.5, 0.6) is 0 Å². The summed E-state index contributed by atoms with van der Waals surface area (Å²) in [6.45, 7) is 0. The van der Waals surface area contributed by atoms with Crippen molar-refractivity contribution in [3.05, 3.63) is 18.2 Å². The molecule has 2 nitrogen and oxygen atoms in total. The lowest BCUT2D eigenvalue weighted by Crippen LogP contribution is -2.05. The van der Waals surface area contributed by atoms with Crippen molar-refractivity contribution in [3.8, 4) is 0 Å². The molecule has 0 saturated heterocycles. The summed E-state index contributed by atoms with van der Waals surface area (Å²) in [5, 5.41) is 0.0960. The molecule has 1 aromatic rings. The number of hydrogen-bond acceptors (Lipinski definition) is 1. The molecule has 0 radical (unpaired) electrons. The van der Waals surface area contributed by atoms with Crippen molar-refractivity contribution in [2.75, 3.05) is 5.88 Å². The number of aromatic nitrogens is 2. The van der Waals surface area contributed by atoms with Crippen LogP contribution in [-0.2, 0) is 6.42 Å². The molecule has 0 saturated carbocycles. The van der Waals surface area contributed by atoms with Crippen LogP contribution < -0.4 is 0 Å². The number of rotatable bonds is 4. The van der Waals surface area contributed by atoms with Gasteiger partial charge in [0, 0.05) is 30.1 Å². The van der Waals surface area contributed by atoms with Crippen molar-refractivity contribution in [1.82, 2.24) is 9.97 Å². The molecule has 0 bridgehead atoms. The molecule has 0 aliphatic carbocycles. The molecule has 0 aliphatic heterocycles. The fourth-order valence-electron chi connectivity index (χ4n) is 0.840. The highest BCUT2D eigenvalue weighted by Crippen LogP contribution is 2.08. The first-order valence-corrected chi connectivity index (χ1v) is 4.48. The molecule has 1 unspecified atom stereocenters. The highest BCUT2D eigenvalue weighted by Gasteiger charge is 2.05. The molecule has 0 fully saturated rings. The largest absolute Gasteiger partial charge is 0.349 e. The first-order valence-electron chi connectivity index (χ1n) is 3.51. The Morgan fingerprint density at radius 2 is 2.45 bits per heavy atom. The molecule has 0 aliphatic rings. The topological polar surface area (TPSA) is 28.7 Å². The Morgan fingerprint density at radius 1 is 1.64 bits per heavy atom. The molecule has 0 amide bonds. The molecular formula is C7H10Cl2N2. The van der Waals surface area contributed by atoms with Crippen LogP contribution in [0.3, 0.4) is 0 Å². The molecule has 1 N–H and O–H groups in total. The summed E-state index contributed by atoms with van der Waals surface area (Å²) in [4.78, 5) is 7.04. The molecule has 4 heteroatoms. The smallest absolute Gasteiger partial charge is 0.107 e. The zero-order valence-electron chi connectivity index (χ0n) is 6.06. The molecular weight excluding hydrogens is 183 g/mol. The van der Waals surface area contributed by atoms with Gasteiger partial charge in [-0.25, -0.2) is 4.98 Å². The first-order chi connectivity index (χ1) is 5.33. The Balaban J connectivity index is 2.31. The fourth-order valence-corrected chi connectivity index (χ4v) is 1.47. The normalized spacial score (nSPS) is 13.3. The second-order valence-corrected chi connectivity index (χ2v) is 3.31. The average molecular weight is 193 g/mol. The number of aromatic amines is 1. The van der Waals surface area contributed by atoms with Crippen molar-refractivity contribution in [2.45, 2.75) is 18.2 Å². The van der Waals surface area contributed by atoms with E-state index in [2.05, 4.69) is 9.97 Å². The van der Waals surface area contributed by atoms with Crippen molar-refractivity contribution >= 4 is 23.2 Å². The Bertz CT molecular complexity index is 186. The van der Waals surface area contributed by atoms with Gasteiger partial charge in [-0.3, -0.25) is 0 Å². The monoisotopic (exact) mass is 192 g/mol. The summed E-state index contributed by atoms with van der Waals surface area (Å²) in [6.07, 6.45) is 5.10. The van der Waals surface area contributed by atoms with Crippen LogP contribution >= 0.6 is 23.2 Å². The van der Waals surface area contributed by atoms with E-state index in [4.69, 9.17) is 23.2 Å². The van der Waals surface area contributed by atoms with E-state index in [1.807, 2.05) is 0 Å². The number of imidazole rings is 1. The first kappa shape index (κ1) is 8.88. The van der Waals surface area contributed by atoms with Crippen molar-refractivity contribution < 1.29 is 0 Å². The van der Waals surface area contributed by atoms with Crippen LogP contribution in [0.2, 0.25) is 0 Å². The lowest BCUT2D eigenvalue weighted by atomic mass is 10.2. The second kappa shape index (κ2) is 4.62. The summed E-state index contributed by atoms with van der Waals surface area (Å²) >= 11 is 11.4. The third kappa shape index (κ3) is 3.12. The van der Waals surface area contributed by atoms with Crippen LogP contribution in [0.15, 0.2) is 12.4 Å². The van der Waals surface area contributed by atoms with E-state index < -0.39 is 0 Å². The van der Waals surface area contributed by atoms with Gasteiger partial charge in [-0.05, 0) is 6.42 Å².